The standard InChI is InChI=1S/C12H13F3N4OS/c1-5(2)19-7(4-9(18-19)12(13,14)15)10-6(16)3-8(21-10)11(17)20/h3-5H,16H2,1-2H3,(H2,17,20). The van der Waals surface area contributed by atoms with Crippen molar-refractivity contribution >= 4 is 22.9 Å². The Morgan fingerprint density at radius 3 is 2.43 bits per heavy atom. The summed E-state index contributed by atoms with van der Waals surface area (Å²) in [7, 11) is 0. The molecule has 0 aliphatic heterocycles. The second-order valence-corrected chi connectivity index (χ2v) is 5.76. The Labute approximate surface area is 122 Å². The van der Waals surface area contributed by atoms with Gasteiger partial charge in [0.1, 0.15) is 0 Å². The molecule has 0 fully saturated rings. The van der Waals surface area contributed by atoms with Gasteiger partial charge >= 0.3 is 6.18 Å². The van der Waals surface area contributed by atoms with Gasteiger partial charge < -0.3 is 11.5 Å². The third-order valence-electron chi connectivity index (χ3n) is 2.75. The van der Waals surface area contributed by atoms with E-state index in [1.807, 2.05) is 0 Å². The van der Waals surface area contributed by atoms with E-state index >= 15 is 0 Å². The highest BCUT2D eigenvalue weighted by Gasteiger charge is 2.35. The largest absolute Gasteiger partial charge is 0.435 e. The fraction of sp³-hybridized carbons (Fsp3) is 0.333. The van der Waals surface area contributed by atoms with Crippen molar-refractivity contribution in [2.24, 2.45) is 5.73 Å². The SMILES string of the molecule is CC(C)n1nc(C(F)(F)F)cc1-c1sc(C(N)=O)cc1N. The Bertz CT molecular complexity index is 687. The van der Waals surface area contributed by atoms with E-state index in [0.717, 1.165) is 17.4 Å². The summed E-state index contributed by atoms with van der Waals surface area (Å²) in [5, 5.41) is 3.58. The van der Waals surface area contributed by atoms with Gasteiger partial charge in [-0.3, -0.25) is 9.48 Å². The van der Waals surface area contributed by atoms with E-state index in [1.165, 1.54) is 10.7 Å². The van der Waals surface area contributed by atoms with Gasteiger partial charge in [0.05, 0.1) is 21.1 Å². The van der Waals surface area contributed by atoms with E-state index in [1.54, 1.807) is 13.8 Å². The molecule has 0 atom stereocenters. The fourth-order valence-corrected chi connectivity index (χ4v) is 2.76. The first kappa shape index (κ1) is 15.4. The number of thiophene rings is 1. The molecule has 0 unspecified atom stereocenters. The predicted molar refractivity (Wildman–Crippen MR) is 73.9 cm³/mol. The minimum absolute atomic E-state index is 0.188. The van der Waals surface area contributed by atoms with E-state index in [2.05, 4.69) is 5.10 Å². The first-order chi connectivity index (χ1) is 9.61. The molecule has 21 heavy (non-hydrogen) atoms. The molecule has 2 heterocycles. The summed E-state index contributed by atoms with van der Waals surface area (Å²) < 4.78 is 39.7. The molecule has 0 aromatic carbocycles. The number of primary amides is 1. The van der Waals surface area contributed by atoms with Gasteiger partial charge in [0, 0.05) is 6.04 Å². The van der Waals surface area contributed by atoms with Gasteiger partial charge in [-0.1, -0.05) is 0 Å². The maximum Gasteiger partial charge on any atom is 0.435 e. The van der Waals surface area contributed by atoms with Crippen LogP contribution in [0.5, 0.6) is 0 Å². The second kappa shape index (κ2) is 5.06. The van der Waals surface area contributed by atoms with E-state index in [0.29, 0.717) is 4.88 Å². The van der Waals surface area contributed by atoms with Crippen LogP contribution in [0.2, 0.25) is 0 Å². The van der Waals surface area contributed by atoms with Gasteiger partial charge in [0.25, 0.3) is 5.91 Å². The Hall–Kier alpha value is -2.03. The monoisotopic (exact) mass is 318 g/mol. The number of amides is 1. The van der Waals surface area contributed by atoms with Crippen molar-refractivity contribution in [1.82, 2.24) is 9.78 Å². The molecule has 2 rings (SSSR count). The van der Waals surface area contributed by atoms with Gasteiger partial charge in [0.2, 0.25) is 0 Å². The van der Waals surface area contributed by atoms with E-state index in [9.17, 15) is 18.0 Å². The van der Waals surface area contributed by atoms with Crippen molar-refractivity contribution in [1.29, 1.82) is 0 Å². The number of carbonyl (C=O) groups is 1. The van der Waals surface area contributed by atoms with Crippen LogP contribution in [-0.4, -0.2) is 15.7 Å². The normalized spacial score (nSPS) is 12.1. The molecule has 9 heteroatoms. The lowest BCUT2D eigenvalue weighted by Crippen LogP contribution is -2.09. The Kier molecular flexibility index (Phi) is 3.70. The van der Waals surface area contributed by atoms with Crippen molar-refractivity contribution in [3.8, 4) is 10.6 Å². The average molecular weight is 318 g/mol. The average Bonchev–Trinajstić information content (AvgIpc) is 2.90. The zero-order valence-electron chi connectivity index (χ0n) is 11.2. The molecule has 5 nitrogen and oxygen atoms in total. The molecule has 2 aromatic heterocycles. The fourth-order valence-electron chi connectivity index (χ4n) is 1.82. The van der Waals surface area contributed by atoms with Crippen LogP contribution in [0.1, 0.15) is 35.3 Å². The summed E-state index contributed by atoms with van der Waals surface area (Å²) in [5.41, 5.74) is 10.4. The Morgan fingerprint density at radius 2 is 2.00 bits per heavy atom. The number of hydrogen-bond acceptors (Lipinski definition) is 4. The van der Waals surface area contributed by atoms with Gasteiger partial charge in [-0.15, -0.1) is 11.3 Å². The quantitative estimate of drug-likeness (QED) is 0.912. The topological polar surface area (TPSA) is 86.9 Å². The number of aromatic nitrogens is 2. The number of nitrogens with zero attached hydrogens (tertiary/aromatic N) is 2. The highest BCUT2D eigenvalue weighted by atomic mass is 32.1. The molecule has 1 amide bonds. The number of anilines is 1. The Morgan fingerprint density at radius 1 is 1.38 bits per heavy atom. The highest BCUT2D eigenvalue weighted by Crippen LogP contribution is 2.39. The molecule has 0 radical (unpaired) electrons. The molecule has 0 saturated heterocycles. The molecule has 114 valence electrons. The van der Waals surface area contributed by atoms with Crippen molar-refractivity contribution in [3.63, 3.8) is 0 Å². The summed E-state index contributed by atoms with van der Waals surface area (Å²) >= 11 is 0.949. The molecule has 2 aromatic rings. The van der Waals surface area contributed by atoms with Crippen molar-refractivity contribution in [3.05, 3.63) is 22.7 Å². The minimum atomic E-state index is -4.55. The van der Waals surface area contributed by atoms with Crippen molar-refractivity contribution in [2.45, 2.75) is 26.1 Å². The van der Waals surface area contributed by atoms with Crippen LogP contribution in [0.3, 0.4) is 0 Å². The van der Waals surface area contributed by atoms with Gasteiger partial charge in [-0.25, -0.2) is 0 Å². The lowest BCUT2D eigenvalue weighted by molar-refractivity contribution is -0.141. The highest BCUT2D eigenvalue weighted by molar-refractivity contribution is 7.18. The molecule has 0 saturated carbocycles. The van der Waals surface area contributed by atoms with Crippen LogP contribution in [0.25, 0.3) is 10.6 Å². The number of carbonyl (C=O) groups excluding carboxylic acids is 1. The number of halogens is 3. The summed E-state index contributed by atoms with van der Waals surface area (Å²) in [4.78, 5) is 11.7. The Balaban J connectivity index is 2.62. The van der Waals surface area contributed by atoms with Gasteiger partial charge in [0.15, 0.2) is 5.69 Å². The van der Waals surface area contributed by atoms with Crippen LogP contribution in [0, 0.1) is 0 Å². The van der Waals surface area contributed by atoms with Crippen molar-refractivity contribution < 1.29 is 18.0 Å². The lowest BCUT2D eigenvalue weighted by atomic mass is 10.2. The molecule has 4 N–H and O–H groups in total. The lowest BCUT2D eigenvalue weighted by Gasteiger charge is -2.10. The van der Waals surface area contributed by atoms with Crippen molar-refractivity contribution in [2.75, 3.05) is 5.73 Å². The number of nitrogens with two attached hydrogens (primary N) is 2. The maximum absolute atomic E-state index is 12.8. The first-order valence-corrected chi connectivity index (χ1v) is 6.79. The number of alkyl halides is 3. The minimum Gasteiger partial charge on any atom is -0.397 e. The molecular formula is C12H13F3N4OS. The van der Waals surface area contributed by atoms with E-state index < -0.39 is 17.8 Å². The van der Waals surface area contributed by atoms with Crippen LogP contribution < -0.4 is 11.5 Å². The smallest absolute Gasteiger partial charge is 0.397 e. The molecule has 0 aliphatic carbocycles. The summed E-state index contributed by atoms with van der Waals surface area (Å²) in [5.74, 6) is -0.676. The van der Waals surface area contributed by atoms with E-state index in [-0.39, 0.29) is 22.3 Å². The molecule has 0 aliphatic rings. The summed E-state index contributed by atoms with van der Waals surface area (Å²) in [6.07, 6.45) is -4.55. The molecular weight excluding hydrogens is 305 g/mol. The van der Waals surface area contributed by atoms with Crippen LogP contribution in [0.15, 0.2) is 12.1 Å². The predicted octanol–water partition coefficient (Wildman–Crippen LogP) is 2.89. The van der Waals surface area contributed by atoms with Gasteiger partial charge in [-0.05, 0) is 26.0 Å². The number of rotatable bonds is 3. The first-order valence-electron chi connectivity index (χ1n) is 5.97. The van der Waals surface area contributed by atoms with Crippen LogP contribution in [-0.2, 0) is 6.18 Å². The second-order valence-electron chi connectivity index (χ2n) is 4.71. The zero-order chi connectivity index (χ0) is 15.9. The summed E-state index contributed by atoms with van der Waals surface area (Å²) in [6.45, 7) is 3.41. The molecule has 0 spiro atoms. The number of hydrogen-bond donors (Lipinski definition) is 2. The summed E-state index contributed by atoms with van der Waals surface area (Å²) in [6, 6.07) is 1.98. The van der Waals surface area contributed by atoms with Gasteiger partial charge in [-0.2, -0.15) is 18.3 Å². The third-order valence-corrected chi connectivity index (χ3v) is 3.94. The molecule has 0 bridgehead atoms. The van der Waals surface area contributed by atoms with E-state index in [4.69, 9.17) is 11.5 Å². The van der Waals surface area contributed by atoms with Crippen LogP contribution >= 0.6 is 11.3 Å². The maximum atomic E-state index is 12.8. The number of nitrogen functional groups attached to an aromatic ring is 1. The zero-order valence-corrected chi connectivity index (χ0v) is 12.0. The third kappa shape index (κ3) is 2.87. The van der Waals surface area contributed by atoms with Crippen LogP contribution in [0.4, 0.5) is 18.9 Å².